The lowest BCUT2D eigenvalue weighted by atomic mass is 10.1. The van der Waals surface area contributed by atoms with E-state index < -0.39 is 11.5 Å². The van der Waals surface area contributed by atoms with Crippen LogP contribution in [-0.4, -0.2) is 33.0 Å². The lowest BCUT2D eigenvalue weighted by Crippen LogP contribution is -2.30. The van der Waals surface area contributed by atoms with Crippen molar-refractivity contribution < 1.29 is 4.79 Å². The standard InChI is InChI=1S/C26H26ClN5O2/c1-17(23-14-24(31-30-23)18-8-4-3-5-9-18)32(2)16-20-12-13-21(26(34)29-20)25(33)28-15-19-10-6-7-11-22(19)27/h3-14,17H,15-16H2,1-2H3,(H,28,33)(H,29,34)(H,30,31). The van der Waals surface area contributed by atoms with Crippen LogP contribution in [-0.2, 0) is 13.1 Å². The molecule has 34 heavy (non-hydrogen) atoms. The molecule has 0 spiro atoms. The van der Waals surface area contributed by atoms with E-state index in [2.05, 4.69) is 32.3 Å². The number of aromatic amines is 2. The second-order valence-corrected chi connectivity index (χ2v) is 8.57. The van der Waals surface area contributed by atoms with E-state index in [-0.39, 0.29) is 18.2 Å². The van der Waals surface area contributed by atoms with E-state index in [0.717, 1.165) is 22.5 Å². The second-order valence-electron chi connectivity index (χ2n) is 8.17. The first kappa shape index (κ1) is 23.5. The highest BCUT2D eigenvalue weighted by molar-refractivity contribution is 6.31. The molecule has 4 rings (SSSR count). The molecule has 1 amide bonds. The molecular weight excluding hydrogens is 450 g/mol. The van der Waals surface area contributed by atoms with Crippen LogP contribution >= 0.6 is 11.6 Å². The Morgan fingerprint density at radius 3 is 2.56 bits per heavy atom. The lowest BCUT2D eigenvalue weighted by molar-refractivity contribution is 0.0949. The zero-order chi connectivity index (χ0) is 24.1. The minimum atomic E-state index is -0.444. The average molecular weight is 476 g/mol. The van der Waals surface area contributed by atoms with Gasteiger partial charge >= 0.3 is 0 Å². The SMILES string of the molecule is CC(c1cc(-c2ccccc2)n[nH]1)N(C)Cc1ccc(C(=O)NCc2ccccc2Cl)c(=O)[nH]1. The summed E-state index contributed by atoms with van der Waals surface area (Å²) in [4.78, 5) is 30.0. The van der Waals surface area contributed by atoms with Crippen LogP contribution < -0.4 is 10.9 Å². The Kier molecular flexibility index (Phi) is 7.25. The summed E-state index contributed by atoms with van der Waals surface area (Å²) in [6, 6.07) is 22.6. The molecule has 0 bridgehead atoms. The van der Waals surface area contributed by atoms with Crippen molar-refractivity contribution >= 4 is 17.5 Å². The van der Waals surface area contributed by atoms with Crippen LogP contribution in [0.1, 0.15) is 40.3 Å². The summed E-state index contributed by atoms with van der Waals surface area (Å²) in [6.45, 7) is 2.81. The predicted octanol–water partition coefficient (Wildman–Crippen LogP) is 4.54. The normalized spacial score (nSPS) is 12.0. The van der Waals surface area contributed by atoms with Crippen LogP contribution in [0.5, 0.6) is 0 Å². The number of carbonyl (C=O) groups is 1. The van der Waals surface area contributed by atoms with Crippen LogP contribution in [0.25, 0.3) is 11.3 Å². The highest BCUT2D eigenvalue weighted by Gasteiger charge is 2.17. The van der Waals surface area contributed by atoms with E-state index in [1.165, 1.54) is 0 Å². The largest absolute Gasteiger partial charge is 0.348 e. The van der Waals surface area contributed by atoms with Crippen LogP contribution in [0.15, 0.2) is 77.6 Å². The maximum atomic E-state index is 12.6. The number of amides is 1. The van der Waals surface area contributed by atoms with Gasteiger partial charge in [0.25, 0.3) is 11.5 Å². The van der Waals surface area contributed by atoms with Gasteiger partial charge in [-0.05, 0) is 43.8 Å². The monoisotopic (exact) mass is 475 g/mol. The minimum absolute atomic E-state index is 0.0343. The van der Waals surface area contributed by atoms with Crippen molar-refractivity contribution in [2.75, 3.05) is 7.05 Å². The number of hydrogen-bond donors (Lipinski definition) is 3. The van der Waals surface area contributed by atoms with Crippen LogP contribution in [0.3, 0.4) is 0 Å². The molecule has 0 saturated heterocycles. The molecule has 0 aliphatic carbocycles. The summed E-state index contributed by atoms with van der Waals surface area (Å²) in [5.41, 5.74) is 4.04. The topological polar surface area (TPSA) is 93.9 Å². The van der Waals surface area contributed by atoms with E-state index >= 15 is 0 Å². The molecule has 2 heterocycles. The van der Waals surface area contributed by atoms with Crippen molar-refractivity contribution in [1.29, 1.82) is 0 Å². The Hall–Kier alpha value is -3.68. The molecule has 7 nitrogen and oxygen atoms in total. The first-order valence-electron chi connectivity index (χ1n) is 11.0. The summed E-state index contributed by atoms with van der Waals surface area (Å²) >= 11 is 6.13. The molecule has 0 radical (unpaired) electrons. The van der Waals surface area contributed by atoms with Crippen LogP contribution in [0.2, 0.25) is 5.02 Å². The average Bonchev–Trinajstić information content (AvgIpc) is 3.34. The van der Waals surface area contributed by atoms with E-state index in [1.807, 2.05) is 61.6 Å². The highest BCUT2D eigenvalue weighted by Crippen LogP contribution is 2.23. The number of pyridine rings is 1. The zero-order valence-electron chi connectivity index (χ0n) is 19.0. The van der Waals surface area contributed by atoms with Gasteiger partial charge < -0.3 is 10.3 Å². The highest BCUT2D eigenvalue weighted by atomic mass is 35.5. The maximum Gasteiger partial charge on any atom is 0.261 e. The Balaban J connectivity index is 1.39. The molecule has 4 aromatic rings. The molecule has 0 saturated carbocycles. The molecule has 2 aromatic heterocycles. The number of benzene rings is 2. The molecule has 3 N–H and O–H groups in total. The van der Waals surface area contributed by atoms with E-state index in [4.69, 9.17) is 11.6 Å². The second kappa shape index (κ2) is 10.5. The number of rotatable bonds is 8. The van der Waals surface area contributed by atoms with Gasteiger partial charge in [-0.1, -0.05) is 60.1 Å². The number of nitrogens with one attached hydrogen (secondary N) is 3. The third kappa shape index (κ3) is 5.44. The molecule has 1 atom stereocenters. The first-order chi connectivity index (χ1) is 16.4. The van der Waals surface area contributed by atoms with Gasteiger partial charge in [0.2, 0.25) is 0 Å². The van der Waals surface area contributed by atoms with Crippen molar-refractivity contribution in [3.8, 4) is 11.3 Å². The van der Waals surface area contributed by atoms with Crippen molar-refractivity contribution in [1.82, 2.24) is 25.4 Å². The van der Waals surface area contributed by atoms with Gasteiger partial charge in [-0.15, -0.1) is 0 Å². The molecule has 0 aliphatic heterocycles. The number of nitrogens with zero attached hydrogens (tertiary/aromatic N) is 2. The van der Waals surface area contributed by atoms with Gasteiger partial charge in [-0.25, -0.2) is 0 Å². The third-order valence-corrected chi connectivity index (χ3v) is 6.18. The van der Waals surface area contributed by atoms with Gasteiger partial charge in [0.05, 0.1) is 11.4 Å². The number of halogens is 1. The summed E-state index contributed by atoms with van der Waals surface area (Å²) < 4.78 is 0. The summed E-state index contributed by atoms with van der Waals surface area (Å²) in [5.74, 6) is -0.444. The first-order valence-corrected chi connectivity index (χ1v) is 11.3. The number of hydrogen-bond acceptors (Lipinski definition) is 4. The summed E-state index contributed by atoms with van der Waals surface area (Å²) in [7, 11) is 1.97. The Labute approximate surface area is 202 Å². The molecule has 0 aliphatic rings. The Bertz CT molecular complexity index is 1330. The number of H-pyrrole nitrogens is 2. The summed E-state index contributed by atoms with van der Waals surface area (Å²) in [6.07, 6.45) is 0. The minimum Gasteiger partial charge on any atom is -0.348 e. The molecule has 2 aromatic carbocycles. The molecular formula is C26H26ClN5O2. The number of carbonyl (C=O) groups excluding carboxylic acids is 1. The van der Waals surface area contributed by atoms with Gasteiger partial charge in [0.1, 0.15) is 5.56 Å². The maximum absolute atomic E-state index is 12.6. The Morgan fingerprint density at radius 2 is 1.82 bits per heavy atom. The van der Waals surface area contributed by atoms with E-state index in [0.29, 0.717) is 17.3 Å². The predicted molar refractivity (Wildman–Crippen MR) is 134 cm³/mol. The number of aromatic nitrogens is 3. The van der Waals surface area contributed by atoms with Gasteiger partial charge in [0.15, 0.2) is 0 Å². The van der Waals surface area contributed by atoms with Crippen molar-refractivity contribution in [3.05, 3.63) is 111 Å². The van der Waals surface area contributed by atoms with Gasteiger partial charge in [-0.3, -0.25) is 19.6 Å². The lowest BCUT2D eigenvalue weighted by Gasteiger charge is -2.23. The van der Waals surface area contributed by atoms with Crippen LogP contribution in [0, 0.1) is 0 Å². The molecule has 0 fully saturated rings. The van der Waals surface area contributed by atoms with Crippen molar-refractivity contribution in [2.24, 2.45) is 0 Å². The van der Waals surface area contributed by atoms with Gasteiger partial charge in [0, 0.05) is 35.4 Å². The quantitative estimate of drug-likeness (QED) is 0.348. The van der Waals surface area contributed by atoms with Crippen LogP contribution in [0.4, 0.5) is 0 Å². The van der Waals surface area contributed by atoms with Gasteiger partial charge in [-0.2, -0.15) is 5.10 Å². The third-order valence-electron chi connectivity index (χ3n) is 5.81. The fourth-order valence-corrected chi connectivity index (χ4v) is 3.85. The molecule has 8 heteroatoms. The summed E-state index contributed by atoms with van der Waals surface area (Å²) in [5, 5.41) is 10.9. The van der Waals surface area contributed by atoms with Crippen molar-refractivity contribution in [3.63, 3.8) is 0 Å². The molecule has 174 valence electrons. The Morgan fingerprint density at radius 1 is 1.09 bits per heavy atom. The fourth-order valence-electron chi connectivity index (χ4n) is 3.65. The zero-order valence-corrected chi connectivity index (χ0v) is 19.8. The smallest absolute Gasteiger partial charge is 0.261 e. The van der Waals surface area contributed by atoms with E-state index in [9.17, 15) is 9.59 Å². The molecule has 1 unspecified atom stereocenters. The van der Waals surface area contributed by atoms with E-state index in [1.54, 1.807) is 18.2 Å². The fraction of sp³-hybridized carbons (Fsp3) is 0.192. The van der Waals surface area contributed by atoms with Crippen molar-refractivity contribution in [2.45, 2.75) is 26.1 Å².